The second-order valence-corrected chi connectivity index (χ2v) is 8.53. The lowest BCUT2D eigenvalue weighted by Gasteiger charge is -2.19. The summed E-state index contributed by atoms with van der Waals surface area (Å²) in [5.74, 6) is 0.495. The summed E-state index contributed by atoms with van der Waals surface area (Å²) in [7, 11) is 1.61. The maximum Gasteiger partial charge on any atom is 0.308 e. The first-order valence-electron chi connectivity index (χ1n) is 10.6. The fraction of sp³-hybridized carbons (Fsp3) is 0.517. The topological polar surface area (TPSA) is 61.8 Å². The zero-order chi connectivity index (χ0) is 22.3. The normalized spacial score (nSPS) is 11.1. The molecule has 0 aliphatic rings. The number of ketones is 1. The van der Waals surface area contributed by atoms with Crippen LogP contribution in [0.5, 0.6) is 0 Å². The van der Waals surface area contributed by atoms with Gasteiger partial charge < -0.3 is 14.2 Å². The molecule has 2 unspecified atom stereocenters. The monoisotopic (exact) mass is 519 g/mol. The number of hydrogen-bond acceptors (Lipinski definition) is 6. The van der Waals surface area contributed by atoms with Crippen molar-refractivity contribution in [2.75, 3.05) is 19.5 Å². The largest absolute Gasteiger partial charge is 0.462 e. The van der Waals surface area contributed by atoms with Gasteiger partial charge in [-0.2, -0.15) is 0 Å². The van der Waals surface area contributed by atoms with Gasteiger partial charge in [-0.3, -0.25) is 9.59 Å². The fourth-order valence-corrected chi connectivity index (χ4v) is 4.02. The smallest absolute Gasteiger partial charge is 0.308 e. The van der Waals surface area contributed by atoms with Crippen LogP contribution in [0, 0.1) is 0 Å². The highest BCUT2D eigenvalue weighted by atomic mass is 32.2. The first-order valence-corrected chi connectivity index (χ1v) is 11.6. The van der Waals surface area contributed by atoms with Gasteiger partial charge in [0.05, 0.1) is 25.7 Å². The van der Waals surface area contributed by atoms with Crippen LogP contribution in [0.3, 0.4) is 0 Å². The Morgan fingerprint density at radius 2 is 1.42 bits per heavy atom. The van der Waals surface area contributed by atoms with Crippen molar-refractivity contribution in [2.24, 2.45) is 0 Å². The molecule has 0 amide bonds. The van der Waals surface area contributed by atoms with Gasteiger partial charge >= 0.3 is 5.97 Å². The Balaban J connectivity index is -0.00000102. The number of benzene rings is 2. The summed E-state index contributed by atoms with van der Waals surface area (Å²) in [6, 6.07) is 20.0. The quantitative estimate of drug-likeness (QED) is 0.107. The molecule has 2 rings (SSSR count). The first kappa shape index (κ1) is 41.1. The van der Waals surface area contributed by atoms with Crippen LogP contribution in [0.1, 0.15) is 67.9 Å². The minimum absolute atomic E-state index is 0. The molecule has 7 heteroatoms. The average Bonchev–Trinajstić information content (AvgIpc) is 2.77. The van der Waals surface area contributed by atoms with Crippen LogP contribution in [-0.4, -0.2) is 51.8 Å². The van der Waals surface area contributed by atoms with Crippen LogP contribution in [0.4, 0.5) is 0 Å². The van der Waals surface area contributed by atoms with Crippen molar-refractivity contribution in [1.29, 1.82) is 0 Å². The van der Waals surface area contributed by atoms with E-state index in [9.17, 15) is 9.59 Å². The Bertz CT molecular complexity index is 774. The van der Waals surface area contributed by atoms with Crippen LogP contribution in [-0.2, 0) is 30.4 Å². The summed E-state index contributed by atoms with van der Waals surface area (Å²) in [5.41, 5.74) is 1.08. The van der Waals surface area contributed by atoms with Gasteiger partial charge in [0.25, 0.3) is 0 Å². The van der Waals surface area contributed by atoms with Crippen molar-refractivity contribution in [3.8, 4) is 0 Å². The molecule has 0 bridgehead atoms. The van der Waals surface area contributed by atoms with Gasteiger partial charge in [-0.15, -0.1) is 11.8 Å². The number of carbonyl (C=O) groups excluding carboxylic acids is 2. The maximum absolute atomic E-state index is 12.4. The number of carbonyl (C=O) groups is 2. The van der Waals surface area contributed by atoms with E-state index in [2.05, 4.69) is 12.1 Å². The summed E-state index contributed by atoms with van der Waals surface area (Å²) in [6.45, 7) is 2.42. The molecule has 3 radical (unpaired) electrons. The van der Waals surface area contributed by atoms with Crippen molar-refractivity contribution in [3.05, 3.63) is 66.2 Å². The van der Waals surface area contributed by atoms with Crippen molar-refractivity contribution in [2.45, 2.75) is 86.0 Å². The number of esters is 1. The van der Waals surface area contributed by atoms with Crippen molar-refractivity contribution in [1.82, 2.24) is 0 Å². The van der Waals surface area contributed by atoms with Gasteiger partial charge in [0.2, 0.25) is 0 Å². The predicted molar refractivity (Wildman–Crippen MR) is 156 cm³/mol. The summed E-state index contributed by atoms with van der Waals surface area (Å²) in [6.07, 6.45) is 0.906. The third-order valence-electron chi connectivity index (χ3n) is 4.69. The highest BCUT2D eigenvalue weighted by molar-refractivity contribution is 7.99. The van der Waals surface area contributed by atoms with E-state index in [0.29, 0.717) is 19.6 Å². The Morgan fingerprint density at radius 3 is 1.97 bits per heavy atom. The summed E-state index contributed by atoms with van der Waals surface area (Å²) < 4.78 is 16.7. The Labute approximate surface area is 227 Å². The van der Waals surface area contributed by atoms with Crippen LogP contribution < -0.4 is 0 Å². The third kappa shape index (κ3) is 18.2. The van der Waals surface area contributed by atoms with E-state index in [1.165, 1.54) is 11.8 Å². The molecular weight excluding hydrogens is 471 g/mol. The third-order valence-corrected chi connectivity index (χ3v) is 5.73. The van der Waals surface area contributed by atoms with Gasteiger partial charge in [-0.05, 0) is 31.0 Å². The van der Waals surface area contributed by atoms with E-state index in [1.807, 2.05) is 48.5 Å². The second kappa shape index (κ2) is 24.6. The molecule has 0 aliphatic carbocycles. The van der Waals surface area contributed by atoms with Crippen LogP contribution in [0.2, 0.25) is 0 Å². The zero-order valence-corrected chi connectivity index (χ0v) is 19.7. The van der Waals surface area contributed by atoms with E-state index >= 15 is 0 Å². The van der Waals surface area contributed by atoms with Crippen LogP contribution >= 0.6 is 11.8 Å². The summed E-state index contributed by atoms with van der Waals surface area (Å²) in [5, 5.41) is 0. The highest BCUT2D eigenvalue weighted by Gasteiger charge is 2.20. The lowest BCUT2D eigenvalue weighted by atomic mass is 10.1. The van der Waals surface area contributed by atoms with Crippen LogP contribution in [0.15, 0.2) is 65.6 Å². The van der Waals surface area contributed by atoms with Crippen molar-refractivity contribution >= 4 is 31.9 Å². The summed E-state index contributed by atoms with van der Waals surface area (Å²) in [4.78, 5) is 25.2. The molecule has 5 nitrogen and oxygen atoms in total. The van der Waals surface area contributed by atoms with E-state index in [-0.39, 0.29) is 68.8 Å². The predicted octanol–water partition coefficient (Wildman–Crippen LogP) is 7.24. The molecular formula is C29H48BO5S. The number of methoxy groups -OCH3 is 1. The lowest BCUT2D eigenvalue weighted by Crippen LogP contribution is -2.26. The average molecular weight is 520 g/mol. The van der Waals surface area contributed by atoms with E-state index in [4.69, 9.17) is 14.2 Å². The van der Waals surface area contributed by atoms with Crippen molar-refractivity contribution < 1.29 is 23.8 Å². The fourth-order valence-electron chi connectivity index (χ4n) is 3.05. The minimum atomic E-state index is -0.475. The molecule has 0 saturated carbocycles. The van der Waals surface area contributed by atoms with Gasteiger partial charge in [0, 0.05) is 39.0 Å². The van der Waals surface area contributed by atoms with Gasteiger partial charge in [-0.1, -0.05) is 78.2 Å². The first-order chi connectivity index (χ1) is 15.1. The Kier molecular flexibility index (Phi) is 28.1. The van der Waals surface area contributed by atoms with E-state index in [1.54, 1.807) is 18.9 Å². The molecule has 2 aromatic rings. The van der Waals surface area contributed by atoms with Crippen molar-refractivity contribution in [3.63, 3.8) is 0 Å². The lowest BCUT2D eigenvalue weighted by molar-refractivity contribution is -0.153. The molecule has 0 spiro atoms. The SMILES string of the molecule is C.C.C.C.COC(CCSc1ccccc1)CC(=O)OC(CCOCc1ccccc1)CC(C)=O.[B]. The number of ether oxygens (including phenoxy) is 3. The molecule has 203 valence electrons. The van der Waals surface area contributed by atoms with Crippen LogP contribution in [0.25, 0.3) is 0 Å². The molecule has 2 aromatic carbocycles. The van der Waals surface area contributed by atoms with Gasteiger partial charge in [0.15, 0.2) is 0 Å². The Morgan fingerprint density at radius 1 is 0.833 bits per heavy atom. The van der Waals surface area contributed by atoms with Gasteiger partial charge in [-0.25, -0.2) is 0 Å². The summed E-state index contributed by atoms with van der Waals surface area (Å²) >= 11 is 1.73. The van der Waals surface area contributed by atoms with E-state index in [0.717, 1.165) is 17.7 Å². The molecule has 36 heavy (non-hydrogen) atoms. The van der Waals surface area contributed by atoms with E-state index < -0.39 is 6.10 Å². The molecule has 0 aliphatic heterocycles. The highest BCUT2D eigenvalue weighted by Crippen LogP contribution is 2.20. The number of hydrogen-bond donors (Lipinski definition) is 0. The molecule has 0 heterocycles. The minimum Gasteiger partial charge on any atom is -0.462 e. The van der Waals surface area contributed by atoms with Gasteiger partial charge in [0.1, 0.15) is 11.9 Å². The molecule has 2 atom stereocenters. The zero-order valence-electron chi connectivity index (χ0n) is 18.9. The second-order valence-electron chi connectivity index (χ2n) is 7.36. The number of thioether (sulfide) groups is 1. The number of Topliss-reactive ketones (excluding diaryl/α,β-unsaturated/α-hetero) is 1. The molecule has 0 saturated heterocycles. The molecule has 0 aromatic heterocycles. The molecule has 0 N–H and O–H groups in total. The molecule has 0 fully saturated rings. The Hall–Kier alpha value is -2.09. The standard InChI is InChI=1S/C25H32O5S.4CH4.B/c1-20(26)17-23(13-15-29-19-21-9-5-3-6-10-21)30-25(27)18-22(28-2)14-16-31-24-11-7-4-8-12-24;;;;;/h3-12,22-23H,13-19H2,1-2H3;4*1H4;. The maximum atomic E-state index is 12.4. The number of rotatable bonds is 15.